The predicted molar refractivity (Wildman–Crippen MR) is 67.0 cm³/mol. The van der Waals surface area contributed by atoms with Crippen LogP contribution in [-0.2, 0) is 11.2 Å². The van der Waals surface area contributed by atoms with Gasteiger partial charge in [-0.15, -0.1) is 0 Å². The number of para-hydroxylation sites is 1. The molecule has 2 rings (SSSR count). The fourth-order valence-electron chi connectivity index (χ4n) is 2.22. The van der Waals surface area contributed by atoms with E-state index in [1.165, 1.54) is 5.56 Å². The second-order valence-corrected chi connectivity index (χ2v) is 4.12. The van der Waals surface area contributed by atoms with Crippen molar-refractivity contribution in [3.05, 3.63) is 23.8 Å². The predicted octanol–water partition coefficient (Wildman–Crippen LogP) is 2.42. The average Bonchev–Trinajstić information content (AvgIpc) is 2.50. The van der Waals surface area contributed by atoms with E-state index in [0.29, 0.717) is 0 Å². The molecular formula is C13H18N2O. The zero-order chi connectivity index (χ0) is 11.5. The second kappa shape index (κ2) is 4.56. The van der Waals surface area contributed by atoms with Gasteiger partial charge in [0.15, 0.2) is 0 Å². The van der Waals surface area contributed by atoms with E-state index in [2.05, 4.69) is 24.4 Å². The number of amides is 1. The smallest absolute Gasteiger partial charge is 0.223 e. The van der Waals surface area contributed by atoms with Crippen molar-refractivity contribution in [3.63, 3.8) is 0 Å². The Kier molecular flexibility index (Phi) is 3.13. The van der Waals surface area contributed by atoms with Gasteiger partial charge in [0.2, 0.25) is 5.91 Å². The number of aryl methyl sites for hydroxylation is 1. The van der Waals surface area contributed by atoms with Crippen molar-refractivity contribution in [1.82, 2.24) is 0 Å². The number of fused-ring (bicyclic) bond motifs is 1. The van der Waals surface area contributed by atoms with Gasteiger partial charge in [0, 0.05) is 20.0 Å². The van der Waals surface area contributed by atoms with Crippen molar-refractivity contribution < 1.29 is 4.79 Å². The number of nitrogens with one attached hydrogen (secondary N) is 1. The monoisotopic (exact) mass is 218 g/mol. The Morgan fingerprint density at radius 2 is 2.31 bits per heavy atom. The highest BCUT2D eigenvalue weighted by atomic mass is 16.2. The van der Waals surface area contributed by atoms with Crippen molar-refractivity contribution in [3.8, 4) is 0 Å². The van der Waals surface area contributed by atoms with Crippen LogP contribution in [0.2, 0.25) is 0 Å². The summed E-state index contributed by atoms with van der Waals surface area (Å²) in [6.07, 6.45) is 1.95. The first-order valence-electron chi connectivity index (χ1n) is 5.88. The Labute approximate surface area is 96.5 Å². The molecule has 3 nitrogen and oxygen atoms in total. The van der Waals surface area contributed by atoms with Crippen LogP contribution in [0.3, 0.4) is 0 Å². The molecule has 0 fully saturated rings. The summed E-state index contributed by atoms with van der Waals surface area (Å²) in [6, 6.07) is 6.20. The molecule has 0 unspecified atom stereocenters. The lowest BCUT2D eigenvalue weighted by molar-refractivity contribution is -0.116. The van der Waals surface area contributed by atoms with Crippen LogP contribution in [0.25, 0.3) is 0 Å². The number of carbonyl (C=O) groups excluding carboxylic acids is 1. The molecule has 1 heterocycles. The molecule has 1 aromatic rings. The van der Waals surface area contributed by atoms with E-state index >= 15 is 0 Å². The summed E-state index contributed by atoms with van der Waals surface area (Å²) in [5.41, 5.74) is 3.41. The Morgan fingerprint density at radius 1 is 1.50 bits per heavy atom. The largest absolute Gasteiger partial charge is 0.383 e. The van der Waals surface area contributed by atoms with Crippen LogP contribution in [0.4, 0.5) is 11.4 Å². The van der Waals surface area contributed by atoms with E-state index in [-0.39, 0.29) is 5.91 Å². The number of rotatable bonds is 1. The summed E-state index contributed by atoms with van der Waals surface area (Å²) < 4.78 is 0. The lowest BCUT2D eigenvalue weighted by Gasteiger charge is -2.23. The van der Waals surface area contributed by atoms with Crippen LogP contribution < -0.4 is 10.2 Å². The van der Waals surface area contributed by atoms with Crippen molar-refractivity contribution in [2.45, 2.75) is 26.7 Å². The van der Waals surface area contributed by atoms with Crippen molar-refractivity contribution in [1.29, 1.82) is 0 Å². The molecule has 0 saturated carbocycles. The molecule has 3 heteroatoms. The van der Waals surface area contributed by atoms with Gasteiger partial charge in [0.05, 0.1) is 11.4 Å². The molecule has 1 aliphatic heterocycles. The van der Waals surface area contributed by atoms with Gasteiger partial charge in [-0.1, -0.05) is 19.1 Å². The molecule has 0 bridgehead atoms. The minimum atomic E-state index is 0.130. The van der Waals surface area contributed by atoms with Gasteiger partial charge in [0.25, 0.3) is 0 Å². The summed E-state index contributed by atoms with van der Waals surface area (Å²) in [5, 5.41) is 3.39. The molecule has 1 amide bonds. The molecule has 1 aromatic carbocycles. The Hall–Kier alpha value is -1.51. The fraction of sp³-hybridized carbons (Fsp3) is 0.462. The summed E-state index contributed by atoms with van der Waals surface area (Å²) in [4.78, 5) is 13.6. The summed E-state index contributed by atoms with van der Waals surface area (Å²) >= 11 is 0. The quantitative estimate of drug-likeness (QED) is 0.785. The highest BCUT2D eigenvalue weighted by molar-refractivity contribution is 5.96. The van der Waals surface area contributed by atoms with Crippen molar-refractivity contribution in [2.75, 3.05) is 23.3 Å². The first-order chi connectivity index (χ1) is 7.74. The second-order valence-electron chi connectivity index (χ2n) is 4.12. The topological polar surface area (TPSA) is 32.3 Å². The SMILES string of the molecule is CCc1cccc2c1N(C(C)=O)CCCN2. The Balaban J connectivity index is 2.52. The van der Waals surface area contributed by atoms with Gasteiger partial charge < -0.3 is 10.2 Å². The molecule has 0 aliphatic carbocycles. The molecule has 0 aromatic heterocycles. The van der Waals surface area contributed by atoms with Gasteiger partial charge in [-0.2, -0.15) is 0 Å². The zero-order valence-electron chi connectivity index (χ0n) is 9.92. The Bertz CT molecular complexity index is 401. The van der Waals surface area contributed by atoms with Gasteiger partial charge in [-0.3, -0.25) is 4.79 Å². The lowest BCUT2D eigenvalue weighted by atomic mass is 10.1. The Morgan fingerprint density at radius 3 is 3.00 bits per heavy atom. The third-order valence-electron chi connectivity index (χ3n) is 3.02. The fourth-order valence-corrected chi connectivity index (χ4v) is 2.22. The molecule has 0 spiro atoms. The standard InChI is InChI=1S/C13H18N2O/c1-3-11-6-4-7-12-13(11)15(10(2)16)9-5-8-14-12/h4,6-7,14H,3,5,8-9H2,1-2H3. The molecule has 0 saturated heterocycles. The number of anilines is 2. The zero-order valence-corrected chi connectivity index (χ0v) is 9.92. The van der Waals surface area contributed by atoms with E-state index in [9.17, 15) is 4.79 Å². The first-order valence-corrected chi connectivity index (χ1v) is 5.88. The van der Waals surface area contributed by atoms with Crippen LogP contribution in [-0.4, -0.2) is 19.0 Å². The molecule has 1 aliphatic rings. The minimum Gasteiger partial charge on any atom is -0.383 e. The van der Waals surface area contributed by atoms with E-state index < -0.39 is 0 Å². The number of carbonyl (C=O) groups is 1. The highest BCUT2D eigenvalue weighted by Gasteiger charge is 2.20. The van der Waals surface area contributed by atoms with E-state index in [4.69, 9.17) is 0 Å². The summed E-state index contributed by atoms with van der Waals surface area (Å²) in [5.74, 6) is 0.130. The van der Waals surface area contributed by atoms with Gasteiger partial charge >= 0.3 is 0 Å². The van der Waals surface area contributed by atoms with Crippen LogP contribution in [0.1, 0.15) is 25.8 Å². The van der Waals surface area contributed by atoms with Crippen LogP contribution >= 0.6 is 0 Å². The van der Waals surface area contributed by atoms with Gasteiger partial charge in [-0.25, -0.2) is 0 Å². The maximum absolute atomic E-state index is 11.7. The molecule has 0 radical (unpaired) electrons. The van der Waals surface area contributed by atoms with Crippen molar-refractivity contribution >= 4 is 17.3 Å². The highest BCUT2D eigenvalue weighted by Crippen LogP contribution is 2.32. The van der Waals surface area contributed by atoms with Crippen molar-refractivity contribution in [2.24, 2.45) is 0 Å². The van der Waals surface area contributed by atoms with Crippen LogP contribution in [0.5, 0.6) is 0 Å². The van der Waals surface area contributed by atoms with Crippen LogP contribution in [0, 0.1) is 0 Å². The summed E-state index contributed by atoms with van der Waals surface area (Å²) in [6.45, 7) is 5.51. The van der Waals surface area contributed by atoms with E-state index in [1.807, 2.05) is 11.0 Å². The normalized spacial score (nSPS) is 15.0. The number of hydrogen-bond acceptors (Lipinski definition) is 2. The maximum atomic E-state index is 11.7. The number of nitrogens with zero attached hydrogens (tertiary/aromatic N) is 1. The minimum absolute atomic E-state index is 0.130. The number of hydrogen-bond donors (Lipinski definition) is 1. The molecule has 1 N–H and O–H groups in total. The lowest BCUT2D eigenvalue weighted by Crippen LogP contribution is -2.29. The molecule has 16 heavy (non-hydrogen) atoms. The molecule has 86 valence electrons. The first kappa shape index (κ1) is 11.0. The summed E-state index contributed by atoms with van der Waals surface area (Å²) in [7, 11) is 0. The third kappa shape index (κ3) is 1.90. The van der Waals surface area contributed by atoms with Crippen LogP contribution in [0.15, 0.2) is 18.2 Å². The molecule has 0 atom stereocenters. The van der Waals surface area contributed by atoms with Gasteiger partial charge in [-0.05, 0) is 24.5 Å². The maximum Gasteiger partial charge on any atom is 0.223 e. The third-order valence-corrected chi connectivity index (χ3v) is 3.02. The van der Waals surface area contributed by atoms with E-state index in [1.54, 1.807) is 6.92 Å². The molecular weight excluding hydrogens is 200 g/mol. The van der Waals surface area contributed by atoms with Gasteiger partial charge in [0.1, 0.15) is 0 Å². The number of benzene rings is 1. The average molecular weight is 218 g/mol. The van der Waals surface area contributed by atoms with E-state index in [0.717, 1.165) is 37.3 Å².